The SMILES string of the molecule is CCC(CN)CC(=O)Nc1cccc(COC)c1. The Hall–Kier alpha value is -1.39. The van der Waals surface area contributed by atoms with E-state index in [4.69, 9.17) is 10.5 Å². The van der Waals surface area contributed by atoms with E-state index >= 15 is 0 Å². The predicted molar refractivity (Wildman–Crippen MR) is 73.2 cm³/mol. The minimum Gasteiger partial charge on any atom is -0.380 e. The molecule has 0 bridgehead atoms. The molecule has 0 saturated heterocycles. The van der Waals surface area contributed by atoms with Crippen LogP contribution in [0.2, 0.25) is 0 Å². The van der Waals surface area contributed by atoms with E-state index in [1.807, 2.05) is 31.2 Å². The third kappa shape index (κ3) is 4.85. The zero-order valence-electron chi connectivity index (χ0n) is 11.1. The van der Waals surface area contributed by atoms with Gasteiger partial charge in [0, 0.05) is 19.2 Å². The second-order valence-electron chi connectivity index (χ2n) is 4.40. The highest BCUT2D eigenvalue weighted by Gasteiger charge is 2.10. The summed E-state index contributed by atoms with van der Waals surface area (Å²) in [5.41, 5.74) is 7.44. The van der Waals surface area contributed by atoms with Crippen molar-refractivity contribution in [2.45, 2.75) is 26.4 Å². The van der Waals surface area contributed by atoms with Gasteiger partial charge in [0.25, 0.3) is 0 Å². The maximum atomic E-state index is 11.8. The van der Waals surface area contributed by atoms with Crippen molar-refractivity contribution in [2.24, 2.45) is 11.7 Å². The number of nitrogens with one attached hydrogen (secondary N) is 1. The van der Waals surface area contributed by atoms with Crippen molar-refractivity contribution in [2.75, 3.05) is 19.0 Å². The Kier molecular flexibility index (Phi) is 6.39. The number of anilines is 1. The lowest BCUT2D eigenvalue weighted by Gasteiger charge is -2.12. The molecule has 0 aliphatic rings. The number of rotatable bonds is 7. The molecule has 0 heterocycles. The van der Waals surface area contributed by atoms with E-state index in [1.54, 1.807) is 7.11 Å². The lowest BCUT2D eigenvalue weighted by molar-refractivity contribution is -0.117. The van der Waals surface area contributed by atoms with E-state index in [9.17, 15) is 4.79 Å². The molecule has 1 amide bonds. The molecule has 1 unspecified atom stereocenters. The number of carbonyl (C=O) groups is 1. The smallest absolute Gasteiger partial charge is 0.224 e. The van der Waals surface area contributed by atoms with E-state index in [2.05, 4.69) is 5.32 Å². The van der Waals surface area contributed by atoms with Crippen LogP contribution in [0.15, 0.2) is 24.3 Å². The maximum Gasteiger partial charge on any atom is 0.224 e. The molecule has 0 aliphatic heterocycles. The third-order valence-corrected chi connectivity index (χ3v) is 2.91. The van der Waals surface area contributed by atoms with Gasteiger partial charge in [-0.25, -0.2) is 0 Å². The van der Waals surface area contributed by atoms with Crippen molar-refractivity contribution in [3.05, 3.63) is 29.8 Å². The summed E-state index contributed by atoms with van der Waals surface area (Å²) in [5, 5.41) is 2.89. The number of hydrogen-bond donors (Lipinski definition) is 2. The molecule has 4 nitrogen and oxygen atoms in total. The van der Waals surface area contributed by atoms with E-state index in [0.717, 1.165) is 17.7 Å². The number of methoxy groups -OCH3 is 1. The molecule has 1 aromatic rings. The van der Waals surface area contributed by atoms with Gasteiger partial charge in [-0.1, -0.05) is 25.5 Å². The molecule has 1 atom stereocenters. The van der Waals surface area contributed by atoms with Crippen LogP contribution in [0.25, 0.3) is 0 Å². The third-order valence-electron chi connectivity index (χ3n) is 2.91. The highest BCUT2D eigenvalue weighted by Crippen LogP contribution is 2.13. The Morgan fingerprint density at radius 3 is 2.89 bits per heavy atom. The number of benzene rings is 1. The van der Waals surface area contributed by atoms with Crippen LogP contribution in [0, 0.1) is 5.92 Å². The molecule has 100 valence electrons. The minimum absolute atomic E-state index is 0.0156. The Morgan fingerprint density at radius 1 is 1.50 bits per heavy atom. The summed E-state index contributed by atoms with van der Waals surface area (Å²) in [6.45, 7) is 3.14. The quantitative estimate of drug-likeness (QED) is 0.779. The number of hydrogen-bond acceptors (Lipinski definition) is 3. The first-order valence-electron chi connectivity index (χ1n) is 6.27. The lowest BCUT2D eigenvalue weighted by atomic mass is 10.0. The van der Waals surface area contributed by atoms with Crippen LogP contribution in [0.1, 0.15) is 25.3 Å². The zero-order valence-corrected chi connectivity index (χ0v) is 11.1. The molecule has 1 rings (SSSR count). The van der Waals surface area contributed by atoms with E-state index in [1.165, 1.54) is 0 Å². The molecule has 0 radical (unpaired) electrons. The largest absolute Gasteiger partial charge is 0.380 e. The van der Waals surface area contributed by atoms with E-state index in [0.29, 0.717) is 19.6 Å². The van der Waals surface area contributed by atoms with Crippen molar-refractivity contribution in [1.82, 2.24) is 0 Å². The molecule has 0 spiro atoms. The first-order valence-corrected chi connectivity index (χ1v) is 6.27. The molecule has 0 aromatic heterocycles. The van der Waals surface area contributed by atoms with Crippen molar-refractivity contribution in [1.29, 1.82) is 0 Å². The van der Waals surface area contributed by atoms with Crippen molar-refractivity contribution in [3.63, 3.8) is 0 Å². The molecule has 0 fully saturated rings. The zero-order chi connectivity index (χ0) is 13.4. The van der Waals surface area contributed by atoms with E-state index < -0.39 is 0 Å². The summed E-state index contributed by atoms with van der Waals surface area (Å²) in [5.74, 6) is 0.272. The fourth-order valence-electron chi connectivity index (χ4n) is 1.77. The molecule has 1 aromatic carbocycles. The van der Waals surface area contributed by atoms with Gasteiger partial charge in [-0.05, 0) is 30.2 Å². The van der Waals surface area contributed by atoms with Gasteiger partial charge in [-0.2, -0.15) is 0 Å². The predicted octanol–water partition coefficient (Wildman–Crippen LogP) is 2.15. The fourth-order valence-corrected chi connectivity index (χ4v) is 1.77. The Balaban J connectivity index is 2.55. The highest BCUT2D eigenvalue weighted by atomic mass is 16.5. The Morgan fingerprint density at radius 2 is 2.28 bits per heavy atom. The van der Waals surface area contributed by atoms with Crippen LogP contribution in [-0.4, -0.2) is 19.6 Å². The number of nitrogens with two attached hydrogens (primary N) is 1. The normalized spacial score (nSPS) is 12.2. The van der Waals surface area contributed by atoms with Crippen molar-refractivity contribution >= 4 is 11.6 Å². The van der Waals surface area contributed by atoms with Crippen molar-refractivity contribution < 1.29 is 9.53 Å². The summed E-state index contributed by atoms with van der Waals surface area (Å²) in [7, 11) is 1.65. The molecular formula is C14H22N2O2. The molecule has 0 aliphatic carbocycles. The number of ether oxygens (including phenoxy) is 1. The summed E-state index contributed by atoms with van der Waals surface area (Å²) in [6.07, 6.45) is 1.40. The number of carbonyl (C=O) groups excluding carboxylic acids is 1. The van der Waals surface area contributed by atoms with Crippen LogP contribution in [0.4, 0.5) is 5.69 Å². The van der Waals surface area contributed by atoms with Gasteiger partial charge in [0.05, 0.1) is 6.61 Å². The summed E-state index contributed by atoms with van der Waals surface area (Å²) in [4.78, 5) is 11.8. The van der Waals surface area contributed by atoms with Gasteiger partial charge in [-0.3, -0.25) is 4.79 Å². The average molecular weight is 250 g/mol. The maximum absolute atomic E-state index is 11.8. The van der Waals surface area contributed by atoms with Gasteiger partial charge in [-0.15, -0.1) is 0 Å². The summed E-state index contributed by atoms with van der Waals surface area (Å²) < 4.78 is 5.06. The molecule has 0 saturated carbocycles. The Bertz CT molecular complexity index is 376. The summed E-state index contributed by atoms with van der Waals surface area (Å²) >= 11 is 0. The average Bonchev–Trinajstić information content (AvgIpc) is 2.36. The monoisotopic (exact) mass is 250 g/mol. The first kappa shape index (κ1) is 14.7. The first-order chi connectivity index (χ1) is 8.69. The topological polar surface area (TPSA) is 64.4 Å². The van der Waals surface area contributed by atoms with Gasteiger partial charge in [0.1, 0.15) is 0 Å². The van der Waals surface area contributed by atoms with Gasteiger partial charge in [0.15, 0.2) is 0 Å². The second kappa shape index (κ2) is 7.84. The van der Waals surface area contributed by atoms with Crippen LogP contribution in [0.3, 0.4) is 0 Å². The number of amides is 1. The molecule has 4 heteroatoms. The Labute approximate surface area is 109 Å². The standard InChI is InChI=1S/C14H22N2O2/c1-3-11(9-15)8-14(17)16-13-6-4-5-12(7-13)10-18-2/h4-7,11H,3,8-10,15H2,1-2H3,(H,16,17). The van der Waals surface area contributed by atoms with Gasteiger partial charge < -0.3 is 15.8 Å². The lowest BCUT2D eigenvalue weighted by Crippen LogP contribution is -2.21. The van der Waals surface area contributed by atoms with E-state index in [-0.39, 0.29) is 11.8 Å². The summed E-state index contributed by atoms with van der Waals surface area (Å²) in [6, 6.07) is 7.67. The van der Waals surface area contributed by atoms with Gasteiger partial charge >= 0.3 is 0 Å². The molecule has 18 heavy (non-hydrogen) atoms. The highest BCUT2D eigenvalue weighted by molar-refractivity contribution is 5.90. The van der Waals surface area contributed by atoms with Crippen LogP contribution < -0.4 is 11.1 Å². The fraction of sp³-hybridized carbons (Fsp3) is 0.500. The van der Waals surface area contributed by atoms with Gasteiger partial charge in [0.2, 0.25) is 5.91 Å². The molecular weight excluding hydrogens is 228 g/mol. The second-order valence-corrected chi connectivity index (χ2v) is 4.40. The molecule has 3 N–H and O–H groups in total. The van der Waals surface area contributed by atoms with Crippen molar-refractivity contribution in [3.8, 4) is 0 Å². The van der Waals surface area contributed by atoms with Crippen LogP contribution >= 0.6 is 0 Å². The minimum atomic E-state index is 0.0156. The van der Waals surface area contributed by atoms with Crippen LogP contribution in [-0.2, 0) is 16.1 Å². The van der Waals surface area contributed by atoms with Crippen LogP contribution in [0.5, 0.6) is 0 Å².